The smallest absolute Gasteiger partial charge is 0.220 e. The molecule has 0 aliphatic heterocycles. The molecule has 9 rings (SSSR count). The fourth-order valence-electron chi connectivity index (χ4n) is 11.7. The number of carbonyl (C=O) groups excluding carboxylic acids is 2. The molecule has 0 heterocycles. The first-order chi connectivity index (χ1) is 40.5. The van der Waals surface area contributed by atoms with E-state index in [1.165, 1.54) is 86.5 Å². The molecule has 83 heavy (non-hydrogen) atoms. The Morgan fingerprint density at radius 1 is 0.434 bits per heavy atom. The lowest BCUT2D eigenvalue weighted by Crippen LogP contribution is -2.25. The van der Waals surface area contributed by atoms with E-state index >= 15 is 0 Å². The summed E-state index contributed by atoms with van der Waals surface area (Å²) in [4.78, 5) is 28.5. The van der Waals surface area contributed by atoms with Crippen molar-refractivity contribution in [1.29, 1.82) is 0 Å². The number of methoxy groups -OCH3 is 2. The van der Waals surface area contributed by atoms with Gasteiger partial charge in [0.25, 0.3) is 0 Å². The molecule has 8 nitrogen and oxygen atoms in total. The Labute approximate surface area is 496 Å². The Morgan fingerprint density at radius 3 is 1.14 bits per heavy atom. The van der Waals surface area contributed by atoms with Crippen LogP contribution < -0.4 is 29.9 Å². The van der Waals surface area contributed by atoms with Crippen LogP contribution in [0.4, 0.5) is 34.1 Å². The lowest BCUT2D eigenvalue weighted by Gasteiger charge is -2.33. The lowest BCUT2D eigenvalue weighted by molar-refractivity contribution is -0.121. The van der Waals surface area contributed by atoms with Crippen molar-refractivity contribution in [2.45, 2.75) is 136 Å². The van der Waals surface area contributed by atoms with Crippen LogP contribution in [0.15, 0.2) is 182 Å². The molecule has 2 N–H and O–H groups in total. The summed E-state index contributed by atoms with van der Waals surface area (Å²) in [5, 5.41) is 5.66. The summed E-state index contributed by atoms with van der Waals surface area (Å²) in [5.74, 6) is 1.71. The van der Waals surface area contributed by atoms with Crippen LogP contribution in [0.25, 0.3) is 22.3 Å². The van der Waals surface area contributed by atoms with E-state index in [0.717, 1.165) is 74.3 Å². The largest absolute Gasteiger partial charge is 0.497 e. The number of benzene rings is 8. The predicted molar refractivity (Wildman–Crippen MR) is 348 cm³/mol. The lowest BCUT2D eigenvalue weighted by atomic mass is 9.70. The zero-order valence-corrected chi connectivity index (χ0v) is 50.7. The van der Waals surface area contributed by atoms with Gasteiger partial charge in [0.1, 0.15) is 11.5 Å². The van der Waals surface area contributed by atoms with Gasteiger partial charge in [-0.05, 0) is 188 Å². The Bertz CT molecular complexity index is 3230. The molecule has 0 saturated carbocycles. The summed E-state index contributed by atoms with van der Waals surface area (Å²) in [6, 6.07) is 64.5. The van der Waals surface area contributed by atoms with E-state index in [0.29, 0.717) is 32.2 Å². The van der Waals surface area contributed by atoms with E-state index in [1.54, 1.807) is 32.4 Å². The first-order valence-electron chi connectivity index (χ1n) is 30.5. The number of aryl methyl sites for hydroxylation is 4. The molecular weight excluding hydrogens is 1020 g/mol. The summed E-state index contributed by atoms with van der Waals surface area (Å²) in [6.07, 6.45) is 16.7. The first-order valence-corrected chi connectivity index (χ1v) is 30.5. The Balaban J connectivity index is 0.000000278. The summed E-state index contributed by atoms with van der Waals surface area (Å²) in [7, 11) is 5.01. The number of carbonyl (C=O) groups is 2. The van der Waals surface area contributed by atoms with Crippen LogP contribution in [0.3, 0.4) is 0 Å². The molecule has 0 unspecified atom stereocenters. The number of rotatable bonds is 27. The summed E-state index contributed by atoms with van der Waals surface area (Å²) < 4.78 is 10.9. The zero-order chi connectivity index (χ0) is 58.6. The number of anilines is 6. The maximum atomic E-state index is 12.2. The highest BCUT2D eigenvalue weighted by molar-refractivity contribution is 5.83. The molecule has 2 amide bonds. The highest BCUT2D eigenvalue weighted by Gasteiger charge is 2.42. The number of unbranched alkanes of at least 4 members (excludes halogenated alkanes) is 6. The quantitative estimate of drug-likeness (QED) is 0.0499. The summed E-state index contributed by atoms with van der Waals surface area (Å²) >= 11 is 0. The van der Waals surface area contributed by atoms with Crippen molar-refractivity contribution in [3.63, 3.8) is 0 Å². The van der Waals surface area contributed by atoms with Gasteiger partial charge in [0, 0.05) is 66.0 Å². The average molecular weight is 1110 g/mol. The van der Waals surface area contributed by atoms with Gasteiger partial charge in [0.15, 0.2) is 0 Å². The van der Waals surface area contributed by atoms with Crippen LogP contribution in [-0.4, -0.2) is 39.6 Å². The van der Waals surface area contributed by atoms with E-state index in [9.17, 15) is 9.59 Å². The zero-order valence-electron chi connectivity index (χ0n) is 50.7. The monoisotopic (exact) mass is 1110 g/mol. The molecule has 0 fully saturated rings. The number of nitrogens with one attached hydrogen (secondary N) is 2. The highest BCUT2D eigenvalue weighted by atomic mass is 16.5. The molecule has 1 aliphatic carbocycles. The average Bonchev–Trinajstić information content (AvgIpc) is 4.06. The van der Waals surface area contributed by atoms with Crippen LogP contribution >= 0.6 is 0 Å². The fraction of sp³-hybridized carbons (Fsp3) is 0.333. The predicted octanol–water partition coefficient (Wildman–Crippen LogP) is 19.0. The third-order valence-electron chi connectivity index (χ3n) is 16.4. The van der Waals surface area contributed by atoms with Crippen molar-refractivity contribution in [2.24, 2.45) is 0 Å². The van der Waals surface area contributed by atoms with Gasteiger partial charge in [-0.15, -0.1) is 0 Å². The minimum absolute atomic E-state index is 0.0327. The SMILES string of the molecule is CCCCCCC1(CCCCCC)c2cc(C)ccc2-c2ccc(C)cc21.CCCNC(=O)CCc1ccc(N(c2ccc(OC)cc2)c2ccc(-c3ccc(N(c4ccc(CCC(=O)NC)cc4)c4ccc(OC)cc4)cc3)cc2)cc1. The Morgan fingerprint density at radius 2 is 0.795 bits per heavy atom. The number of hydrogen-bond acceptors (Lipinski definition) is 6. The molecule has 0 radical (unpaired) electrons. The number of ether oxygens (including phenoxy) is 2. The second kappa shape index (κ2) is 30.3. The van der Waals surface area contributed by atoms with E-state index in [4.69, 9.17) is 9.47 Å². The molecule has 0 saturated heterocycles. The Kier molecular flexibility index (Phi) is 22.2. The van der Waals surface area contributed by atoms with Gasteiger partial charge in [-0.3, -0.25) is 9.59 Å². The van der Waals surface area contributed by atoms with Gasteiger partial charge in [-0.1, -0.05) is 168 Å². The Hall–Kier alpha value is -8.10. The number of hydrogen-bond donors (Lipinski definition) is 2. The van der Waals surface area contributed by atoms with Gasteiger partial charge in [-0.25, -0.2) is 0 Å². The van der Waals surface area contributed by atoms with Crippen molar-refractivity contribution in [3.8, 4) is 33.8 Å². The summed E-state index contributed by atoms with van der Waals surface area (Å²) in [6.45, 7) is 11.9. The van der Waals surface area contributed by atoms with E-state index in [-0.39, 0.29) is 17.2 Å². The molecule has 8 aromatic carbocycles. The molecule has 432 valence electrons. The second-order valence-electron chi connectivity index (χ2n) is 22.3. The third kappa shape index (κ3) is 15.7. The maximum Gasteiger partial charge on any atom is 0.220 e. The molecule has 1 aliphatic rings. The van der Waals surface area contributed by atoms with E-state index in [1.807, 2.05) is 24.3 Å². The first kappa shape index (κ1) is 61.0. The third-order valence-corrected chi connectivity index (χ3v) is 16.4. The standard InChI is InChI=1S/C48H50N4O4.C27H38/c1-5-34-50-48(54)33-11-36-8-18-40(19-9-36)52(44-26-30-46(56-4)31-27-44)42-22-14-38(15-23-42)37-12-20-41(21-13-37)51(43-24-28-45(55-3)29-25-43)39-16-6-35(7-17-39)10-32-47(53)49-2;1-5-7-9-11-17-27(18-12-10-8-6-2)25-19-21(3)13-15-23(25)24-16-14-22(4)20-26(24)27/h6-9,12-31H,5,10-11,32-34H2,1-4H3,(H,49,53)(H,50,54);13-16,19-20H,5-12,17-18H2,1-4H3. The van der Waals surface area contributed by atoms with Crippen molar-refractivity contribution in [1.82, 2.24) is 10.6 Å². The van der Waals surface area contributed by atoms with Crippen LogP contribution in [0.2, 0.25) is 0 Å². The van der Waals surface area contributed by atoms with Gasteiger partial charge in [-0.2, -0.15) is 0 Å². The molecule has 8 aromatic rings. The molecule has 0 atom stereocenters. The van der Waals surface area contributed by atoms with Gasteiger partial charge in [0.05, 0.1) is 14.2 Å². The van der Waals surface area contributed by atoms with E-state index < -0.39 is 0 Å². The van der Waals surface area contributed by atoms with Crippen molar-refractivity contribution in [2.75, 3.05) is 37.6 Å². The minimum Gasteiger partial charge on any atom is -0.497 e. The minimum atomic E-state index is 0.0327. The van der Waals surface area contributed by atoms with Crippen LogP contribution in [0, 0.1) is 13.8 Å². The van der Waals surface area contributed by atoms with Crippen molar-refractivity contribution < 1.29 is 19.1 Å². The molecule has 8 heteroatoms. The topological polar surface area (TPSA) is 83.1 Å². The van der Waals surface area contributed by atoms with Gasteiger partial charge >= 0.3 is 0 Å². The van der Waals surface area contributed by atoms with Crippen molar-refractivity contribution >= 4 is 45.9 Å². The number of fused-ring (bicyclic) bond motifs is 3. The van der Waals surface area contributed by atoms with Crippen LogP contribution in [-0.2, 0) is 27.8 Å². The summed E-state index contributed by atoms with van der Waals surface area (Å²) in [5.41, 5.74) is 19.8. The molecule has 0 bridgehead atoms. The highest BCUT2D eigenvalue weighted by Crippen LogP contribution is 2.55. The number of amides is 2. The van der Waals surface area contributed by atoms with Crippen LogP contribution in [0.1, 0.15) is 138 Å². The van der Waals surface area contributed by atoms with Crippen molar-refractivity contribution in [3.05, 3.63) is 215 Å². The van der Waals surface area contributed by atoms with Crippen LogP contribution in [0.5, 0.6) is 11.5 Å². The molecular formula is C75H88N4O4. The normalized spacial score (nSPS) is 11.9. The fourth-order valence-corrected chi connectivity index (χ4v) is 11.7. The molecule has 0 aromatic heterocycles. The van der Waals surface area contributed by atoms with Gasteiger partial charge in [0.2, 0.25) is 11.8 Å². The number of nitrogens with zero attached hydrogens (tertiary/aromatic N) is 2. The maximum absolute atomic E-state index is 12.2. The van der Waals surface area contributed by atoms with Gasteiger partial charge < -0.3 is 29.9 Å². The van der Waals surface area contributed by atoms with E-state index in [2.05, 4.69) is 213 Å². The molecule has 0 spiro atoms. The second-order valence-corrected chi connectivity index (χ2v) is 22.3.